The molecule has 2 atom stereocenters. The first-order chi connectivity index (χ1) is 29.4. The zero-order chi connectivity index (χ0) is 43.8. The average molecular weight is 849 g/mol. The summed E-state index contributed by atoms with van der Waals surface area (Å²) >= 11 is 0. The van der Waals surface area contributed by atoms with Crippen LogP contribution in [0.2, 0.25) is 0 Å². The van der Waals surface area contributed by atoms with Crippen LogP contribution in [-0.2, 0) is 28.6 Å². The summed E-state index contributed by atoms with van der Waals surface area (Å²) in [5.74, 6) is 0.0216. The second-order valence-corrected chi connectivity index (χ2v) is 18.8. The lowest BCUT2D eigenvalue weighted by molar-refractivity contribution is -0.167. The average Bonchev–Trinajstić information content (AvgIpc) is 3.25. The lowest BCUT2D eigenvalue weighted by Gasteiger charge is -2.18. The normalized spacial score (nSPS) is 12.4. The summed E-state index contributed by atoms with van der Waals surface area (Å²) in [6, 6.07) is 0. The fourth-order valence-electron chi connectivity index (χ4n) is 8.19. The standard InChI is InChI=1S/C54H104O6/c1-5-8-10-12-14-16-17-18-19-20-21-22-23-24-25-30-34-38-42-46-53(56)59-49-51(48-58-52(55)45-41-37-33-28-15-13-11-9-6-2)60-54(57)47-43-39-35-31-27-26-29-32-36-40-44-50(4)7-3/h50-51H,5-49H2,1-4H3/t50?,51-/m1/s1. The maximum Gasteiger partial charge on any atom is 0.306 e. The van der Waals surface area contributed by atoms with Gasteiger partial charge in [-0.3, -0.25) is 14.4 Å². The van der Waals surface area contributed by atoms with Crippen LogP contribution in [0, 0.1) is 5.92 Å². The molecule has 0 aromatic heterocycles. The lowest BCUT2D eigenvalue weighted by atomic mass is 9.99. The molecule has 0 saturated heterocycles. The number of unbranched alkanes of at least 4 members (excludes halogenated alkanes) is 35. The number of rotatable bonds is 49. The van der Waals surface area contributed by atoms with Gasteiger partial charge in [-0.25, -0.2) is 0 Å². The second kappa shape index (κ2) is 48.4. The van der Waals surface area contributed by atoms with Crippen LogP contribution >= 0.6 is 0 Å². The molecule has 1 unspecified atom stereocenters. The molecule has 0 saturated carbocycles. The number of hydrogen-bond donors (Lipinski definition) is 0. The van der Waals surface area contributed by atoms with Gasteiger partial charge in [0.05, 0.1) is 0 Å². The molecule has 0 amide bonds. The van der Waals surface area contributed by atoms with Crippen molar-refractivity contribution in [2.24, 2.45) is 5.92 Å². The summed E-state index contributed by atoms with van der Waals surface area (Å²) in [6.07, 6.45) is 50.9. The predicted octanol–water partition coefficient (Wildman–Crippen LogP) is 17.5. The highest BCUT2D eigenvalue weighted by Crippen LogP contribution is 2.18. The second-order valence-electron chi connectivity index (χ2n) is 18.8. The van der Waals surface area contributed by atoms with Gasteiger partial charge in [0.2, 0.25) is 0 Å². The van der Waals surface area contributed by atoms with Gasteiger partial charge in [0, 0.05) is 19.3 Å². The first kappa shape index (κ1) is 58.4. The van der Waals surface area contributed by atoms with Crippen molar-refractivity contribution < 1.29 is 28.6 Å². The van der Waals surface area contributed by atoms with Crippen molar-refractivity contribution in [2.45, 2.75) is 310 Å². The minimum atomic E-state index is -0.760. The molecule has 0 radical (unpaired) electrons. The molecule has 60 heavy (non-hydrogen) atoms. The SMILES string of the molecule is CCCCCCCCCCCCCCCCCCCCCC(=O)OC[C@@H](COC(=O)CCCCCCCCCCC)OC(=O)CCCCCCCCCCCCC(C)CC. The van der Waals surface area contributed by atoms with Crippen LogP contribution in [0.15, 0.2) is 0 Å². The van der Waals surface area contributed by atoms with E-state index in [1.54, 1.807) is 0 Å². The molecule has 6 heteroatoms. The van der Waals surface area contributed by atoms with E-state index >= 15 is 0 Å². The number of ether oxygens (including phenoxy) is 3. The summed E-state index contributed by atoms with van der Waals surface area (Å²) in [7, 11) is 0. The molecule has 0 fully saturated rings. The molecule has 0 bridgehead atoms. The fourth-order valence-corrected chi connectivity index (χ4v) is 8.19. The Morgan fingerprint density at radius 1 is 0.333 bits per heavy atom. The summed E-state index contributed by atoms with van der Waals surface area (Å²) < 4.78 is 16.8. The molecular formula is C54H104O6. The summed E-state index contributed by atoms with van der Waals surface area (Å²) in [4.78, 5) is 37.9. The van der Waals surface area contributed by atoms with E-state index < -0.39 is 6.10 Å². The topological polar surface area (TPSA) is 78.9 Å². The smallest absolute Gasteiger partial charge is 0.306 e. The van der Waals surface area contributed by atoms with E-state index in [1.165, 1.54) is 199 Å². The van der Waals surface area contributed by atoms with Crippen LogP contribution in [0.4, 0.5) is 0 Å². The third-order valence-corrected chi connectivity index (χ3v) is 12.7. The molecule has 0 aliphatic rings. The maximum atomic E-state index is 12.8. The molecule has 356 valence electrons. The van der Waals surface area contributed by atoms with Gasteiger partial charge in [-0.15, -0.1) is 0 Å². The first-order valence-electron chi connectivity index (χ1n) is 26.9. The zero-order valence-electron chi connectivity index (χ0n) is 40.9. The monoisotopic (exact) mass is 849 g/mol. The van der Waals surface area contributed by atoms with E-state index in [0.29, 0.717) is 19.3 Å². The third-order valence-electron chi connectivity index (χ3n) is 12.7. The lowest BCUT2D eigenvalue weighted by Crippen LogP contribution is -2.30. The summed E-state index contributed by atoms with van der Waals surface area (Å²) in [6.45, 7) is 9.04. The zero-order valence-corrected chi connectivity index (χ0v) is 40.9. The minimum absolute atomic E-state index is 0.0629. The molecule has 0 heterocycles. The van der Waals surface area contributed by atoms with E-state index in [4.69, 9.17) is 14.2 Å². The van der Waals surface area contributed by atoms with Crippen molar-refractivity contribution in [3.8, 4) is 0 Å². The van der Waals surface area contributed by atoms with Crippen LogP contribution in [-0.4, -0.2) is 37.2 Å². The Bertz CT molecular complexity index is 905. The van der Waals surface area contributed by atoms with Gasteiger partial charge in [0.15, 0.2) is 6.10 Å². The molecule has 0 aromatic carbocycles. The van der Waals surface area contributed by atoms with Crippen LogP contribution < -0.4 is 0 Å². The van der Waals surface area contributed by atoms with E-state index in [0.717, 1.165) is 63.7 Å². The Balaban J connectivity index is 4.22. The Kier molecular flexibility index (Phi) is 47.2. The van der Waals surface area contributed by atoms with Crippen molar-refractivity contribution in [3.05, 3.63) is 0 Å². The van der Waals surface area contributed by atoms with Gasteiger partial charge in [0.25, 0.3) is 0 Å². The summed E-state index contributed by atoms with van der Waals surface area (Å²) in [5, 5.41) is 0. The molecule has 0 aliphatic heterocycles. The van der Waals surface area contributed by atoms with E-state index in [2.05, 4.69) is 27.7 Å². The molecule has 6 nitrogen and oxygen atoms in total. The molecule has 0 spiro atoms. The van der Waals surface area contributed by atoms with Crippen LogP contribution in [0.25, 0.3) is 0 Å². The van der Waals surface area contributed by atoms with Crippen molar-refractivity contribution in [2.75, 3.05) is 13.2 Å². The highest BCUT2D eigenvalue weighted by atomic mass is 16.6. The quantitative estimate of drug-likeness (QED) is 0.0345. The third kappa shape index (κ3) is 45.9. The van der Waals surface area contributed by atoms with E-state index in [9.17, 15) is 14.4 Å². The first-order valence-corrected chi connectivity index (χ1v) is 26.9. The van der Waals surface area contributed by atoms with Gasteiger partial charge >= 0.3 is 17.9 Å². The molecule has 0 aromatic rings. The van der Waals surface area contributed by atoms with E-state index in [-0.39, 0.29) is 31.1 Å². The molecular weight excluding hydrogens is 745 g/mol. The largest absolute Gasteiger partial charge is 0.462 e. The summed E-state index contributed by atoms with van der Waals surface area (Å²) in [5.41, 5.74) is 0. The number of carbonyl (C=O) groups is 3. The van der Waals surface area contributed by atoms with Crippen molar-refractivity contribution in [1.29, 1.82) is 0 Å². The predicted molar refractivity (Wildman–Crippen MR) is 257 cm³/mol. The highest BCUT2D eigenvalue weighted by Gasteiger charge is 2.19. The Labute approximate surface area is 374 Å². The van der Waals surface area contributed by atoms with E-state index in [1.807, 2.05) is 0 Å². The Morgan fingerprint density at radius 3 is 0.867 bits per heavy atom. The van der Waals surface area contributed by atoms with Crippen molar-refractivity contribution >= 4 is 17.9 Å². The van der Waals surface area contributed by atoms with Crippen LogP contribution in [0.3, 0.4) is 0 Å². The van der Waals surface area contributed by atoms with Gasteiger partial charge in [-0.2, -0.15) is 0 Å². The highest BCUT2D eigenvalue weighted by molar-refractivity contribution is 5.71. The van der Waals surface area contributed by atoms with Gasteiger partial charge < -0.3 is 14.2 Å². The number of hydrogen-bond acceptors (Lipinski definition) is 6. The minimum Gasteiger partial charge on any atom is -0.462 e. The maximum absolute atomic E-state index is 12.8. The van der Waals surface area contributed by atoms with Crippen LogP contribution in [0.1, 0.15) is 304 Å². The van der Waals surface area contributed by atoms with Gasteiger partial charge in [-0.1, -0.05) is 265 Å². The molecule has 0 N–H and O–H groups in total. The Morgan fingerprint density at radius 2 is 0.583 bits per heavy atom. The Hall–Kier alpha value is -1.59. The molecule has 0 rings (SSSR count). The fraction of sp³-hybridized carbons (Fsp3) is 0.944. The number of carbonyl (C=O) groups excluding carboxylic acids is 3. The molecule has 0 aliphatic carbocycles. The van der Waals surface area contributed by atoms with Crippen molar-refractivity contribution in [1.82, 2.24) is 0 Å². The van der Waals surface area contributed by atoms with Gasteiger partial charge in [0.1, 0.15) is 13.2 Å². The van der Waals surface area contributed by atoms with Gasteiger partial charge in [-0.05, 0) is 25.2 Å². The van der Waals surface area contributed by atoms with Crippen molar-refractivity contribution in [3.63, 3.8) is 0 Å². The number of esters is 3. The van der Waals surface area contributed by atoms with Crippen LogP contribution in [0.5, 0.6) is 0 Å².